The quantitative estimate of drug-likeness (QED) is 0.566. The van der Waals surface area contributed by atoms with Crippen LogP contribution in [0, 0.1) is 0 Å². The van der Waals surface area contributed by atoms with Crippen LogP contribution in [0.3, 0.4) is 0 Å². The first kappa shape index (κ1) is 12.6. The van der Waals surface area contributed by atoms with E-state index in [1.54, 1.807) is 19.3 Å². The highest BCUT2D eigenvalue weighted by Crippen LogP contribution is 2.34. The number of rotatable bonds is 5. The van der Waals surface area contributed by atoms with E-state index in [0.717, 1.165) is 0 Å². The summed E-state index contributed by atoms with van der Waals surface area (Å²) in [5, 5.41) is 0. The molecule has 0 aliphatic carbocycles. The van der Waals surface area contributed by atoms with Gasteiger partial charge < -0.3 is 9.15 Å². The van der Waals surface area contributed by atoms with Gasteiger partial charge in [0.2, 0.25) is 0 Å². The van der Waals surface area contributed by atoms with Crippen LogP contribution < -0.4 is 0 Å². The molecule has 0 unspecified atom stereocenters. The first-order valence-corrected chi connectivity index (χ1v) is 5.48. The van der Waals surface area contributed by atoms with E-state index in [1.807, 2.05) is 19.9 Å². The standard InChI is InChI=1S/C13H18O3/c1-5-13(6-2,11-8-7-9-15-11)16-12(14)10(3)4/h7-9H,3,5-6H2,1-2,4H3. The number of hydrogen-bond acceptors (Lipinski definition) is 3. The largest absolute Gasteiger partial charge is 0.465 e. The third-order valence-corrected chi connectivity index (χ3v) is 2.75. The number of esters is 1. The molecule has 0 atom stereocenters. The van der Waals surface area contributed by atoms with Crippen LogP contribution in [0.5, 0.6) is 0 Å². The van der Waals surface area contributed by atoms with Crippen LogP contribution in [0.2, 0.25) is 0 Å². The Balaban J connectivity index is 2.98. The zero-order chi connectivity index (χ0) is 12.2. The molecular formula is C13H18O3. The van der Waals surface area contributed by atoms with Crippen LogP contribution in [0.25, 0.3) is 0 Å². The van der Waals surface area contributed by atoms with Crippen LogP contribution in [0.1, 0.15) is 39.4 Å². The number of carbonyl (C=O) groups is 1. The third-order valence-electron chi connectivity index (χ3n) is 2.75. The second kappa shape index (κ2) is 5.01. The van der Waals surface area contributed by atoms with Gasteiger partial charge in [-0.1, -0.05) is 20.4 Å². The molecule has 0 radical (unpaired) electrons. The Morgan fingerprint density at radius 2 is 2.12 bits per heavy atom. The molecule has 1 aromatic rings. The normalized spacial score (nSPS) is 11.2. The van der Waals surface area contributed by atoms with Gasteiger partial charge in [0.1, 0.15) is 5.76 Å². The van der Waals surface area contributed by atoms with Crippen molar-refractivity contribution in [2.45, 2.75) is 39.2 Å². The smallest absolute Gasteiger partial charge is 0.334 e. The Hall–Kier alpha value is -1.51. The van der Waals surface area contributed by atoms with Crippen LogP contribution >= 0.6 is 0 Å². The third kappa shape index (κ3) is 2.35. The molecular weight excluding hydrogens is 204 g/mol. The Morgan fingerprint density at radius 3 is 2.50 bits per heavy atom. The van der Waals surface area contributed by atoms with Crippen molar-refractivity contribution in [2.75, 3.05) is 0 Å². The van der Waals surface area contributed by atoms with Gasteiger partial charge in [-0.2, -0.15) is 0 Å². The minimum atomic E-state index is -0.667. The lowest BCUT2D eigenvalue weighted by atomic mass is 9.94. The summed E-state index contributed by atoms with van der Waals surface area (Å²) in [5.74, 6) is 0.312. The maximum absolute atomic E-state index is 11.6. The monoisotopic (exact) mass is 222 g/mol. The van der Waals surface area contributed by atoms with Crippen LogP contribution in [-0.4, -0.2) is 5.97 Å². The molecule has 88 valence electrons. The van der Waals surface area contributed by atoms with Crippen molar-refractivity contribution in [2.24, 2.45) is 0 Å². The summed E-state index contributed by atoms with van der Waals surface area (Å²) in [7, 11) is 0. The molecule has 1 heterocycles. The Morgan fingerprint density at radius 1 is 1.50 bits per heavy atom. The van der Waals surface area contributed by atoms with Gasteiger partial charge in [-0.15, -0.1) is 0 Å². The fourth-order valence-electron chi connectivity index (χ4n) is 1.60. The Kier molecular flexibility index (Phi) is 3.93. The van der Waals surface area contributed by atoms with Gasteiger partial charge >= 0.3 is 5.97 Å². The van der Waals surface area contributed by atoms with E-state index in [1.165, 1.54) is 0 Å². The van der Waals surface area contributed by atoms with Gasteiger partial charge in [0.15, 0.2) is 5.60 Å². The van der Waals surface area contributed by atoms with Gasteiger partial charge in [0, 0.05) is 5.57 Å². The molecule has 0 fully saturated rings. The molecule has 0 spiro atoms. The highest BCUT2D eigenvalue weighted by atomic mass is 16.6. The molecule has 1 aromatic heterocycles. The van der Waals surface area contributed by atoms with Crippen LogP contribution in [0.4, 0.5) is 0 Å². The summed E-state index contributed by atoms with van der Waals surface area (Å²) in [6, 6.07) is 3.63. The van der Waals surface area contributed by atoms with Gasteiger partial charge in [-0.25, -0.2) is 4.79 Å². The van der Waals surface area contributed by atoms with Crippen molar-refractivity contribution in [3.63, 3.8) is 0 Å². The predicted octanol–water partition coefficient (Wildman–Crippen LogP) is 3.41. The summed E-state index contributed by atoms with van der Waals surface area (Å²) < 4.78 is 10.9. The van der Waals surface area contributed by atoms with Crippen molar-refractivity contribution in [3.05, 3.63) is 36.3 Å². The maximum atomic E-state index is 11.6. The highest BCUT2D eigenvalue weighted by molar-refractivity contribution is 5.87. The van der Waals surface area contributed by atoms with E-state index in [4.69, 9.17) is 9.15 Å². The van der Waals surface area contributed by atoms with Crippen LogP contribution in [0.15, 0.2) is 35.0 Å². The highest BCUT2D eigenvalue weighted by Gasteiger charge is 2.35. The summed E-state index contributed by atoms with van der Waals surface area (Å²) >= 11 is 0. The van der Waals surface area contributed by atoms with E-state index in [9.17, 15) is 4.79 Å². The second-order valence-electron chi connectivity index (χ2n) is 3.85. The minimum Gasteiger partial charge on any atom is -0.465 e. The van der Waals surface area contributed by atoms with Crippen LogP contribution in [-0.2, 0) is 15.1 Å². The average Bonchev–Trinajstić information content (AvgIpc) is 2.79. The second-order valence-corrected chi connectivity index (χ2v) is 3.85. The van der Waals surface area contributed by atoms with Gasteiger partial charge in [0.25, 0.3) is 0 Å². The van der Waals surface area contributed by atoms with Gasteiger partial charge in [0.05, 0.1) is 6.26 Å². The van der Waals surface area contributed by atoms with Crippen molar-refractivity contribution in [3.8, 4) is 0 Å². The van der Waals surface area contributed by atoms with E-state index in [0.29, 0.717) is 24.2 Å². The molecule has 0 bridgehead atoms. The molecule has 0 aliphatic rings. The van der Waals surface area contributed by atoms with E-state index < -0.39 is 5.60 Å². The molecule has 3 heteroatoms. The zero-order valence-electron chi connectivity index (χ0n) is 10.1. The van der Waals surface area contributed by atoms with E-state index in [-0.39, 0.29) is 5.97 Å². The van der Waals surface area contributed by atoms with E-state index >= 15 is 0 Å². The minimum absolute atomic E-state index is 0.375. The molecule has 0 amide bonds. The van der Waals surface area contributed by atoms with Crippen molar-refractivity contribution in [1.82, 2.24) is 0 Å². The summed E-state index contributed by atoms with van der Waals surface area (Å²) in [6.07, 6.45) is 2.94. The lowest BCUT2D eigenvalue weighted by Gasteiger charge is -2.29. The number of furan rings is 1. The molecule has 0 N–H and O–H groups in total. The van der Waals surface area contributed by atoms with E-state index in [2.05, 4.69) is 6.58 Å². The fourth-order valence-corrected chi connectivity index (χ4v) is 1.60. The number of hydrogen-bond donors (Lipinski definition) is 0. The average molecular weight is 222 g/mol. The van der Waals surface area contributed by atoms with Crippen molar-refractivity contribution < 1.29 is 13.9 Å². The molecule has 16 heavy (non-hydrogen) atoms. The molecule has 3 nitrogen and oxygen atoms in total. The first-order valence-electron chi connectivity index (χ1n) is 5.48. The lowest BCUT2D eigenvalue weighted by Crippen LogP contribution is -2.31. The molecule has 1 rings (SSSR count). The fraction of sp³-hybridized carbons (Fsp3) is 0.462. The molecule has 0 saturated carbocycles. The summed E-state index contributed by atoms with van der Waals surface area (Å²) in [6.45, 7) is 9.16. The zero-order valence-corrected chi connectivity index (χ0v) is 10.1. The summed E-state index contributed by atoms with van der Waals surface area (Å²) in [4.78, 5) is 11.6. The van der Waals surface area contributed by atoms with Gasteiger partial charge in [-0.05, 0) is 31.9 Å². The summed E-state index contributed by atoms with van der Waals surface area (Å²) in [5.41, 5.74) is -0.266. The van der Waals surface area contributed by atoms with Gasteiger partial charge in [-0.3, -0.25) is 0 Å². The SMILES string of the molecule is C=C(C)C(=O)OC(CC)(CC)c1ccco1. The molecule has 0 saturated heterocycles. The van der Waals surface area contributed by atoms with Crippen molar-refractivity contribution in [1.29, 1.82) is 0 Å². The number of carbonyl (C=O) groups excluding carboxylic acids is 1. The number of ether oxygens (including phenoxy) is 1. The molecule has 0 aliphatic heterocycles. The molecule has 0 aromatic carbocycles. The maximum Gasteiger partial charge on any atom is 0.334 e. The topological polar surface area (TPSA) is 39.4 Å². The van der Waals surface area contributed by atoms with Crippen molar-refractivity contribution >= 4 is 5.97 Å². The lowest BCUT2D eigenvalue weighted by molar-refractivity contribution is -0.159. The Bertz CT molecular complexity index is 359. The Labute approximate surface area is 96.1 Å². The first-order chi connectivity index (χ1) is 7.55. The predicted molar refractivity (Wildman–Crippen MR) is 61.9 cm³/mol.